The number of rotatable bonds is 4. The number of amides is 1. The summed E-state index contributed by atoms with van der Waals surface area (Å²) in [5.41, 5.74) is 2.59. The molecule has 1 aliphatic rings. The van der Waals surface area contributed by atoms with Gasteiger partial charge in [-0.3, -0.25) is 14.9 Å². The number of hydrogen-bond donors (Lipinski definition) is 0. The summed E-state index contributed by atoms with van der Waals surface area (Å²) in [6, 6.07) is 14.5. The quantitative estimate of drug-likeness (QED) is 0.483. The third-order valence-electron chi connectivity index (χ3n) is 4.15. The molecule has 0 spiro atoms. The zero-order valence-electron chi connectivity index (χ0n) is 13.3. The SMILES string of the molecule is CC(Sc1ccc([N+](=O)[O-])cc1)C(=O)N1CCc2ccccc2C1. The van der Waals surface area contributed by atoms with Gasteiger partial charge < -0.3 is 4.90 Å². The number of fused-ring (bicyclic) bond motifs is 1. The molecule has 1 aliphatic heterocycles. The maximum absolute atomic E-state index is 12.7. The lowest BCUT2D eigenvalue weighted by atomic mass is 10.00. The van der Waals surface area contributed by atoms with Gasteiger partial charge >= 0.3 is 0 Å². The van der Waals surface area contributed by atoms with Crippen LogP contribution in [0.1, 0.15) is 18.1 Å². The molecule has 2 aromatic carbocycles. The van der Waals surface area contributed by atoms with Gasteiger partial charge in [-0.25, -0.2) is 0 Å². The van der Waals surface area contributed by atoms with Gasteiger partial charge in [0.25, 0.3) is 5.69 Å². The fourth-order valence-electron chi connectivity index (χ4n) is 2.84. The second-order valence-corrected chi connectivity index (χ2v) is 7.20. The molecular weight excluding hydrogens is 324 g/mol. The van der Waals surface area contributed by atoms with Gasteiger partial charge in [0.05, 0.1) is 10.2 Å². The summed E-state index contributed by atoms with van der Waals surface area (Å²) in [7, 11) is 0. The third-order valence-corrected chi connectivity index (χ3v) is 5.25. The molecule has 0 N–H and O–H groups in total. The largest absolute Gasteiger partial charge is 0.337 e. The summed E-state index contributed by atoms with van der Waals surface area (Å²) in [6.07, 6.45) is 0.886. The van der Waals surface area contributed by atoms with E-state index in [1.54, 1.807) is 12.1 Å². The van der Waals surface area contributed by atoms with Gasteiger partial charge in [0.15, 0.2) is 0 Å². The summed E-state index contributed by atoms with van der Waals surface area (Å²) in [6.45, 7) is 3.27. The number of nitro benzene ring substituents is 1. The minimum Gasteiger partial charge on any atom is -0.337 e. The standard InChI is InChI=1S/C18H18N2O3S/c1-13(24-17-8-6-16(7-9-17)20(22)23)18(21)19-11-10-14-4-2-3-5-15(14)12-19/h2-9,13H,10-12H2,1H3. The van der Waals surface area contributed by atoms with Crippen LogP contribution >= 0.6 is 11.8 Å². The van der Waals surface area contributed by atoms with E-state index < -0.39 is 4.92 Å². The zero-order chi connectivity index (χ0) is 17.1. The van der Waals surface area contributed by atoms with Crippen molar-refractivity contribution in [2.75, 3.05) is 6.54 Å². The molecule has 6 heteroatoms. The van der Waals surface area contributed by atoms with E-state index in [-0.39, 0.29) is 16.8 Å². The number of carbonyl (C=O) groups excluding carboxylic acids is 1. The Bertz CT molecular complexity index is 761. The Morgan fingerprint density at radius 2 is 1.83 bits per heavy atom. The highest BCUT2D eigenvalue weighted by Crippen LogP contribution is 2.28. The van der Waals surface area contributed by atoms with Gasteiger partial charge in [0.2, 0.25) is 5.91 Å². The molecule has 0 radical (unpaired) electrons. The van der Waals surface area contributed by atoms with Crippen LogP contribution in [0.15, 0.2) is 53.4 Å². The number of benzene rings is 2. The van der Waals surface area contributed by atoms with E-state index in [2.05, 4.69) is 12.1 Å². The number of nitro groups is 1. The van der Waals surface area contributed by atoms with Crippen LogP contribution in [-0.4, -0.2) is 27.5 Å². The average molecular weight is 342 g/mol. The molecule has 2 aromatic rings. The Morgan fingerprint density at radius 3 is 2.50 bits per heavy atom. The zero-order valence-corrected chi connectivity index (χ0v) is 14.2. The molecule has 124 valence electrons. The second-order valence-electron chi connectivity index (χ2n) is 5.79. The fraction of sp³-hybridized carbons (Fsp3) is 0.278. The highest BCUT2D eigenvalue weighted by Gasteiger charge is 2.25. The van der Waals surface area contributed by atoms with Crippen molar-refractivity contribution in [3.8, 4) is 0 Å². The van der Waals surface area contributed by atoms with Crippen LogP contribution in [0.2, 0.25) is 0 Å². The molecule has 1 unspecified atom stereocenters. The Hall–Kier alpha value is -2.34. The molecule has 1 amide bonds. The first-order valence-corrected chi connectivity index (χ1v) is 8.69. The molecule has 0 aromatic heterocycles. The summed E-state index contributed by atoms with van der Waals surface area (Å²) in [4.78, 5) is 25.7. The summed E-state index contributed by atoms with van der Waals surface area (Å²) < 4.78 is 0. The predicted molar refractivity (Wildman–Crippen MR) is 94.0 cm³/mol. The molecule has 1 heterocycles. The topological polar surface area (TPSA) is 63.5 Å². The maximum Gasteiger partial charge on any atom is 0.269 e. The minimum absolute atomic E-state index is 0.0611. The van der Waals surface area contributed by atoms with Gasteiger partial charge in [0, 0.05) is 30.1 Å². The maximum atomic E-state index is 12.7. The summed E-state index contributed by atoms with van der Waals surface area (Å²) in [5.74, 6) is 0.104. The predicted octanol–water partition coefficient (Wildman–Crippen LogP) is 3.66. The molecule has 0 fully saturated rings. The van der Waals surface area contributed by atoms with Crippen LogP contribution in [-0.2, 0) is 17.8 Å². The van der Waals surface area contributed by atoms with Crippen molar-refractivity contribution in [1.82, 2.24) is 4.90 Å². The highest BCUT2D eigenvalue weighted by atomic mass is 32.2. The molecule has 0 aliphatic carbocycles. The summed E-state index contributed by atoms with van der Waals surface area (Å²) >= 11 is 1.43. The molecule has 3 rings (SSSR count). The smallest absolute Gasteiger partial charge is 0.269 e. The van der Waals surface area contributed by atoms with E-state index in [0.29, 0.717) is 6.54 Å². The molecule has 0 saturated carbocycles. The minimum atomic E-state index is -0.422. The normalized spacial score (nSPS) is 14.8. The average Bonchev–Trinajstić information content (AvgIpc) is 2.61. The lowest BCUT2D eigenvalue weighted by Gasteiger charge is -2.30. The van der Waals surface area contributed by atoms with Crippen molar-refractivity contribution in [2.45, 2.75) is 30.0 Å². The number of carbonyl (C=O) groups is 1. The number of nitrogens with zero attached hydrogens (tertiary/aromatic N) is 2. The van der Waals surface area contributed by atoms with Crippen LogP contribution < -0.4 is 0 Å². The fourth-order valence-corrected chi connectivity index (χ4v) is 3.79. The van der Waals surface area contributed by atoms with Crippen LogP contribution in [0.25, 0.3) is 0 Å². The third kappa shape index (κ3) is 3.59. The number of hydrogen-bond acceptors (Lipinski definition) is 4. The van der Waals surface area contributed by atoms with Gasteiger partial charge in [-0.2, -0.15) is 0 Å². The molecule has 1 atom stereocenters. The summed E-state index contributed by atoms with van der Waals surface area (Å²) in [5, 5.41) is 10.5. The first-order chi connectivity index (χ1) is 11.5. The lowest BCUT2D eigenvalue weighted by Crippen LogP contribution is -2.40. The van der Waals surface area contributed by atoms with Crippen molar-refractivity contribution in [3.63, 3.8) is 0 Å². The van der Waals surface area contributed by atoms with Gasteiger partial charge in [0.1, 0.15) is 0 Å². The van der Waals surface area contributed by atoms with Crippen LogP contribution in [0.5, 0.6) is 0 Å². The molecule has 0 saturated heterocycles. The highest BCUT2D eigenvalue weighted by molar-refractivity contribution is 8.00. The van der Waals surface area contributed by atoms with E-state index in [1.165, 1.54) is 35.0 Å². The van der Waals surface area contributed by atoms with Crippen molar-refractivity contribution in [3.05, 3.63) is 69.8 Å². The van der Waals surface area contributed by atoms with E-state index in [4.69, 9.17) is 0 Å². The van der Waals surface area contributed by atoms with Gasteiger partial charge in [-0.05, 0) is 36.6 Å². The molecule has 24 heavy (non-hydrogen) atoms. The first kappa shape index (κ1) is 16.5. The van der Waals surface area contributed by atoms with Gasteiger partial charge in [-0.15, -0.1) is 11.8 Å². The van der Waals surface area contributed by atoms with Crippen LogP contribution in [0, 0.1) is 10.1 Å². The van der Waals surface area contributed by atoms with E-state index in [0.717, 1.165) is 17.9 Å². The van der Waals surface area contributed by atoms with Crippen molar-refractivity contribution >= 4 is 23.4 Å². The van der Waals surface area contributed by atoms with Gasteiger partial charge in [-0.1, -0.05) is 24.3 Å². The van der Waals surface area contributed by atoms with Crippen molar-refractivity contribution < 1.29 is 9.72 Å². The monoisotopic (exact) mass is 342 g/mol. The Balaban J connectivity index is 1.64. The van der Waals surface area contributed by atoms with Crippen LogP contribution in [0.4, 0.5) is 5.69 Å². The van der Waals surface area contributed by atoms with Crippen molar-refractivity contribution in [2.24, 2.45) is 0 Å². The van der Waals surface area contributed by atoms with E-state index in [1.807, 2.05) is 24.0 Å². The van der Waals surface area contributed by atoms with E-state index in [9.17, 15) is 14.9 Å². The number of thioether (sulfide) groups is 1. The second kappa shape index (κ2) is 7.05. The molecular formula is C18H18N2O3S. The Kier molecular flexibility index (Phi) is 4.85. The van der Waals surface area contributed by atoms with Crippen molar-refractivity contribution in [1.29, 1.82) is 0 Å². The van der Waals surface area contributed by atoms with E-state index >= 15 is 0 Å². The molecule has 5 nitrogen and oxygen atoms in total. The lowest BCUT2D eigenvalue weighted by molar-refractivity contribution is -0.384. The Labute approximate surface area is 144 Å². The van der Waals surface area contributed by atoms with Crippen LogP contribution in [0.3, 0.4) is 0 Å². The Morgan fingerprint density at radius 1 is 1.17 bits per heavy atom. The number of non-ortho nitro benzene ring substituents is 1. The molecule has 0 bridgehead atoms. The first-order valence-electron chi connectivity index (χ1n) is 7.81.